The standard InChI is InChI=1S/C23H25FN2O2/c1-14(2)15(3)21(23(4,5)22(27)28)16-6-11-20-17(12-16)13-25-26(20)19-9-7-18(24)8-10-19/h6-14H,1-5H3,(H,27,28). The van der Waals surface area contributed by atoms with Gasteiger partial charge < -0.3 is 5.11 Å². The van der Waals surface area contributed by atoms with Crippen molar-refractivity contribution >= 4 is 22.4 Å². The number of carboxylic acids is 1. The molecule has 0 aliphatic rings. The number of carbonyl (C=O) groups is 1. The van der Waals surface area contributed by atoms with Crippen LogP contribution in [-0.2, 0) is 4.79 Å². The van der Waals surface area contributed by atoms with Gasteiger partial charge in [0.1, 0.15) is 5.82 Å². The molecule has 5 heteroatoms. The van der Waals surface area contributed by atoms with Crippen LogP contribution in [0.25, 0.3) is 22.2 Å². The van der Waals surface area contributed by atoms with Crippen LogP contribution >= 0.6 is 0 Å². The summed E-state index contributed by atoms with van der Waals surface area (Å²) in [7, 11) is 0. The first kappa shape index (κ1) is 19.8. The summed E-state index contributed by atoms with van der Waals surface area (Å²) in [4.78, 5) is 12.0. The van der Waals surface area contributed by atoms with Gasteiger partial charge in [0.15, 0.2) is 0 Å². The van der Waals surface area contributed by atoms with Crippen molar-refractivity contribution in [2.75, 3.05) is 0 Å². The largest absolute Gasteiger partial charge is 0.481 e. The van der Waals surface area contributed by atoms with Gasteiger partial charge in [0.05, 0.1) is 22.8 Å². The highest BCUT2D eigenvalue weighted by atomic mass is 19.1. The molecule has 3 rings (SSSR count). The van der Waals surface area contributed by atoms with Gasteiger partial charge in [-0.25, -0.2) is 9.07 Å². The van der Waals surface area contributed by atoms with Crippen LogP contribution in [0, 0.1) is 17.2 Å². The molecule has 0 fully saturated rings. The first-order chi connectivity index (χ1) is 13.1. The zero-order valence-corrected chi connectivity index (χ0v) is 16.8. The lowest BCUT2D eigenvalue weighted by atomic mass is 9.75. The zero-order valence-electron chi connectivity index (χ0n) is 16.8. The van der Waals surface area contributed by atoms with E-state index in [2.05, 4.69) is 18.9 Å². The predicted molar refractivity (Wildman–Crippen MR) is 110 cm³/mol. The SMILES string of the molecule is CC(=C(c1ccc2c(cnn2-c2ccc(F)cc2)c1)C(C)(C)C(=O)O)C(C)C. The molecule has 0 radical (unpaired) electrons. The number of aromatic nitrogens is 2. The lowest BCUT2D eigenvalue weighted by Gasteiger charge is -2.28. The summed E-state index contributed by atoms with van der Waals surface area (Å²) in [5, 5.41) is 15.1. The van der Waals surface area contributed by atoms with Gasteiger partial charge in [-0.1, -0.05) is 25.5 Å². The molecule has 0 bridgehead atoms. The quantitative estimate of drug-likeness (QED) is 0.617. The van der Waals surface area contributed by atoms with E-state index < -0.39 is 11.4 Å². The first-order valence-electron chi connectivity index (χ1n) is 9.31. The van der Waals surface area contributed by atoms with Gasteiger partial charge in [-0.3, -0.25) is 4.79 Å². The van der Waals surface area contributed by atoms with Crippen LogP contribution in [0.2, 0.25) is 0 Å². The topological polar surface area (TPSA) is 55.1 Å². The fourth-order valence-electron chi connectivity index (χ4n) is 3.45. The minimum absolute atomic E-state index is 0.228. The molecule has 1 heterocycles. The highest BCUT2D eigenvalue weighted by Crippen LogP contribution is 2.40. The third-order valence-corrected chi connectivity index (χ3v) is 5.35. The Kier molecular flexibility index (Phi) is 5.11. The number of allylic oxidation sites excluding steroid dienone is 1. The number of hydrogen-bond acceptors (Lipinski definition) is 2. The molecule has 3 aromatic rings. The Balaban J connectivity index is 2.17. The summed E-state index contributed by atoms with van der Waals surface area (Å²) >= 11 is 0. The molecule has 0 atom stereocenters. The number of aliphatic carboxylic acids is 1. The van der Waals surface area contributed by atoms with Crippen molar-refractivity contribution in [2.45, 2.75) is 34.6 Å². The van der Waals surface area contributed by atoms with E-state index in [1.807, 2.05) is 25.1 Å². The summed E-state index contributed by atoms with van der Waals surface area (Å²) < 4.78 is 15.0. The lowest BCUT2D eigenvalue weighted by Crippen LogP contribution is -2.27. The molecule has 0 unspecified atom stereocenters. The maximum Gasteiger partial charge on any atom is 0.313 e. The van der Waals surface area contributed by atoms with Crippen molar-refractivity contribution in [1.29, 1.82) is 0 Å². The third-order valence-electron chi connectivity index (χ3n) is 5.35. The molecule has 4 nitrogen and oxygen atoms in total. The number of fused-ring (bicyclic) bond motifs is 1. The van der Waals surface area contributed by atoms with Crippen molar-refractivity contribution < 1.29 is 14.3 Å². The number of halogens is 1. The van der Waals surface area contributed by atoms with Crippen molar-refractivity contribution in [2.24, 2.45) is 11.3 Å². The molecule has 1 aromatic heterocycles. The zero-order chi connectivity index (χ0) is 20.6. The number of nitrogens with zero attached hydrogens (tertiary/aromatic N) is 2. The number of rotatable bonds is 5. The Morgan fingerprint density at radius 1 is 1.14 bits per heavy atom. The van der Waals surface area contributed by atoms with Crippen molar-refractivity contribution in [1.82, 2.24) is 9.78 Å². The van der Waals surface area contributed by atoms with E-state index in [0.29, 0.717) is 0 Å². The number of carboxylic acid groups (broad SMARTS) is 1. The fourth-order valence-corrected chi connectivity index (χ4v) is 3.45. The van der Waals surface area contributed by atoms with E-state index in [9.17, 15) is 14.3 Å². The Morgan fingerprint density at radius 2 is 1.79 bits per heavy atom. The van der Waals surface area contributed by atoms with Crippen LogP contribution in [0.5, 0.6) is 0 Å². The van der Waals surface area contributed by atoms with Gasteiger partial charge in [0, 0.05) is 5.39 Å². The molecule has 0 aliphatic heterocycles. The number of hydrogen-bond donors (Lipinski definition) is 1. The van der Waals surface area contributed by atoms with E-state index in [4.69, 9.17) is 0 Å². The Bertz CT molecular complexity index is 1060. The van der Waals surface area contributed by atoms with E-state index >= 15 is 0 Å². The highest BCUT2D eigenvalue weighted by Gasteiger charge is 2.34. The van der Waals surface area contributed by atoms with Crippen LogP contribution in [0.4, 0.5) is 4.39 Å². The molecule has 28 heavy (non-hydrogen) atoms. The molecule has 0 aliphatic carbocycles. The van der Waals surface area contributed by atoms with Crippen LogP contribution in [-0.4, -0.2) is 20.9 Å². The van der Waals surface area contributed by atoms with Crippen LogP contribution in [0.1, 0.15) is 40.2 Å². The van der Waals surface area contributed by atoms with E-state index in [0.717, 1.165) is 33.3 Å². The summed E-state index contributed by atoms with van der Waals surface area (Å²) in [6.07, 6.45) is 1.75. The van der Waals surface area contributed by atoms with E-state index in [1.54, 1.807) is 36.9 Å². The van der Waals surface area contributed by atoms with Gasteiger partial charge in [0.25, 0.3) is 0 Å². The van der Waals surface area contributed by atoms with Crippen molar-refractivity contribution in [3.63, 3.8) is 0 Å². The Morgan fingerprint density at radius 3 is 2.36 bits per heavy atom. The minimum atomic E-state index is -1.02. The van der Waals surface area contributed by atoms with E-state index in [1.165, 1.54) is 12.1 Å². The van der Waals surface area contributed by atoms with Gasteiger partial charge in [-0.15, -0.1) is 0 Å². The maximum atomic E-state index is 13.2. The summed E-state index contributed by atoms with van der Waals surface area (Å²) in [5.74, 6) is -0.923. The highest BCUT2D eigenvalue weighted by molar-refractivity contribution is 5.94. The summed E-state index contributed by atoms with van der Waals surface area (Å²) in [5.41, 5.74) is 3.39. The Hall–Kier alpha value is -2.95. The van der Waals surface area contributed by atoms with Crippen LogP contribution in [0.15, 0.2) is 54.2 Å². The normalized spacial score (nSPS) is 13.1. The average molecular weight is 380 g/mol. The first-order valence-corrected chi connectivity index (χ1v) is 9.31. The molecule has 0 saturated heterocycles. The molecule has 146 valence electrons. The number of benzene rings is 2. The van der Waals surface area contributed by atoms with Crippen LogP contribution in [0.3, 0.4) is 0 Å². The second-order valence-corrected chi connectivity index (χ2v) is 7.95. The lowest BCUT2D eigenvalue weighted by molar-refractivity contribution is -0.143. The van der Waals surface area contributed by atoms with Gasteiger partial charge >= 0.3 is 5.97 Å². The molecule has 0 spiro atoms. The summed E-state index contributed by atoms with van der Waals surface area (Å²) in [6.45, 7) is 9.61. The predicted octanol–water partition coefficient (Wildman–Crippen LogP) is 5.70. The Labute approximate surface area is 164 Å². The molecular weight excluding hydrogens is 355 g/mol. The average Bonchev–Trinajstić information content (AvgIpc) is 3.05. The van der Waals surface area contributed by atoms with Crippen molar-refractivity contribution in [3.8, 4) is 5.69 Å². The minimum Gasteiger partial charge on any atom is -0.481 e. The van der Waals surface area contributed by atoms with Gasteiger partial charge in [-0.2, -0.15) is 5.10 Å². The molecule has 2 aromatic carbocycles. The third kappa shape index (κ3) is 3.44. The maximum absolute atomic E-state index is 13.2. The summed E-state index contributed by atoms with van der Waals surface area (Å²) in [6, 6.07) is 12.0. The van der Waals surface area contributed by atoms with Crippen LogP contribution < -0.4 is 0 Å². The molecule has 0 saturated carbocycles. The smallest absolute Gasteiger partial charge is 0.313 e. The second kappa shape index (κ2) is 7.23. The molecule has 0 amide bonds. The monoisotopic (exact) mass is 380 g/mol. The van der Waals surface area contributed by atoms with Gasteiger partial charge in [0.2, 0.25) is 0 Å². The second-order valence-electron chi connectivity index (χ2n) is 7.95. The van der Waals surface area contributed by atoms with Gasteiger partial charge in [-0.05, 0) is 74.2 Å². The molecule has 1 N–H and O–H groups in total. The molecular formula is C23H25FN2O2. The fraction of sp³-hybridized carbons (Fsp3) is 0.304. The van der Waals surface area contributed by atoms with E-state index in [-0.39, 0.29) is 11.7 Å². The van der Waals surface area contributed by atoms with Crippen molar-refractivity contribution in [3.05, 3.63) is 65.6 Å².